The first-order valence-electron chi connectivity index (χ1n) is 11.9. The van der Waals surface area contributed by atoms with E-state index in [9.17, 15) is 9.59 Å². The molecule has 3 rings (SSSR count). The Kier molecular flexibility index (Phi) is 10.9. The molecule has 2 aliphatic rings. The van der Waals surface area contributed by atoms with Gasteiger partial charge in [0.05, 0.1) is 0 Å². The molecule has 1 saturated heterocycles. The lowest BCUT2D eigenvalue weighted by atomic mass is 9.91. The molecular weight excluding hydrogens is 456 g/mol. The maximum Gasteiger partial charge on any atom is 0.303 e. The summed E-state index contributed by atoms with van der Waals surface area (Å²) in [6.45, 7) is 0.960. The summed E-state index contributed by atoms with van der Waals surface area (Å²) in [4.78, 5) is 23.1. The van der Waals surface area contributed by atoms with Crippen LogP contribution in [-0.4, -0.2) is 42.5 Å². The zero-order chi connectivity index (χ0) is 24.2. The van der Waals surface area contributed by atoms with Crippen molar-refractivity contribution in [1.82, 2.24) is 0 Å². The highest BCUT2D eigenvalue weighted by atomic mass is 35.5. The van der Waals surface area contributed by atoms with Crippen molar-refractivity contribution in [1.29, 1.82) is 0 Å². The number of hydrogen-bond donors (Lipinski definition) is 1. The van der Waals surface area contributed by atoms with Crippen molar-refractivity contribution >= 4 is 23.4 Å². The third-order valence-electron chi connectivity index (χ3n) is 5.84. The van der Waals surface area contributed by atoms with E-state index in [0.717, 1.165) is 32.1 Å². The molecular formula is C27H33ClO6. The molecule has 4 atom stereocenters. The van der Waals surface area contributed by atoms with Crippen LogP contribution in [0.25, 0.3) is 0 Å². The molecule has 1 heterocycles. The fourth-order valence-electron chi connectivity index (χ4n) is 4.00. The Morgan fingerprint density at radius 2 is 2.18 bits per heavy atom. The minimum absolute atomic E-state index is 0.0694. The van der Waals surface area contributed by atoms with Gasteiger partial charge in [0, 0.05) is 24.0 Å². The molecule has 1 N–H and O–H groups in total. The van der Waals surface area contributed by atoms with Gasteiger partial charge in [-0.3, -0.25) is 9.59 Å². The van der Waals surface area contributed by atoms with E-state index in [0.29, 0.717) is 23.8 Å². The highest BCUT2D eigenvalue weighted by Crippen LogP contribution is 2.28. The molecule has 1 aliphatic heterocycles. The first-order chi connectivity index (χ1) is 16.5. The average molecular weight is 489 g/mol. The van der Waals surface area contributed by atoms with Crippen LogP contribution in [0, 0.1) is 11.8 Å². The lowest BCUT2D eigenvalue weighted by Gasteiger charge is -2.26. The monoisotopic (exact) mass is 488 g/mol. The van der Waals surface area contributed by atoms with Crippen molar-refractivity contribution < 1.29 is 28.9 Å². The van der Waals surface area contributed by atoms with E-state index in [1.165, 1.54) is 0 Å². The Hall–Kier alpha value is -2.41. The van der Waals surface area contributed by atoms with Gasteiger partial charge in [0.25, 0.3) is 0 Å². The molecule has 1 aliphatic carbocycles. The lowest BCUT2D eigenvalue weighted by Crippen LogP contribution is -2.30. The molecule has 0 amide bonds. The Balaban J connectivity index is 1.58. The van der Waals surface area contributed by atoms with Gasteiger partial charge in [0.1, 0.15) is 18.5 Å². The van der Waals surface area contributed by atoms with Crippen LogP contribution >= 0.6 is 11.6 Å². The molecule has 0 radical (unpaired) electrons. The van der Waals surface area contributed by atoms with Crippen LogP contribution in [0.1, 0.15) is 44.9 Å². The van der Waals surface area contributed by atoms with Crippen LogP contribution in [-0.2, 0) is 19.1 Å². The summed E-state index contributed by atoms with van der Waals surface area (Å²) in [5, 5.41) is 9.32. The Morgan fingerprint density at radius 1 is 1.29 bits per heavy atom. The number of carbonyl (C=O) groups excluding carboxylic acids is 1. The third-order valence-corrected chi connectivity index (χ3v) is 6.08. The predicted octanol–water partition coefficient (Wildman–Crippen LogP) is 5.76. The average Bonchev–Trinajstić information content (AvgIpc) is 3.17. The summed E-state index contributed by atoms with van der Waals surface area (Å²) >= 11 is 6.06. The van der Waals surface area contributed by atoms with Crippen molar-refractivity contribution in [2.45, 2.75) is 57.3 Å². The lowest BCUT2D eigenvalue weighted by molar-refractivity contribution is -0.182. The maximum absolute atomic E-state index is 12.5. The van der Waals surface area contributed by atoms with Crippen molar-refractivity contribution in [3.05, 3.63) is 65.7 Å². The smallest absolute Gasteiger partial charge is 0.303 e. The zero-order valence-corrected chi connectivity index (χ0v) is 20.1. The SMILES string of the molecule is O=C(O)CCC/C=C\C[C@H]1C=CC(=O)[C@@H]1/C=C/[C@@H](COc1cccc(Cl)c1)OC1CCCCO1. The number of allylic oxidation sites excluding steroid dienone is 5. The molecule has 0 spiro atoms. The van der Waals surface area contributed by atoms with Gasteiger partial charge >= 0.3 is 5.97 Å². The quantitative estimate of drug-likeness (QED) is 0.281. The first-order valence-corrected chi connectivity index (χ1v) is 12.3. The number of aliphatic carboxylic acids is 1. The predicted molar refractivity (Wildman–Crippen MR) is 131 cm³/mol. The van der Waals surface area contributed by atoms with E-state index in [4.69, 9.17) is 30.9 Å². The molecule has 6 nitrogen and oxygen atoms in total. The number of ketones is 1. The maximum atomic E-state index is 12.5. The van der Waals surface area contributed by atoms with Crippen LogP contribution in [0.5, 0.6) is 5.75 Å². The number of benzene rings is 1. The Bertz CT molecular complexity index is 887. The van der Waals surface area contributed by atoms with E-state index in [2.05, 4.69) is 0 Å². The van der Waals surface area contributed by atoms with E-state index in [1.807, 2.05) is 42.5 Å². The van der Waals surface area contributed by atoms with Gasteiger partial charge in [-0.25, -0.2) is 0 Å². The van der Waals surface area contributed by atoms with Crippen molar-refractivity contribution in [3.63, 3.8) is 0 Å². The number of carbonyl (C=O) groups is 2. The number of halogens is 1. The normalized spacial score (nSPS) is 23.7. The molecule has 1 aromatic carbocycles. The molecule has 7 heteroatoms. The van der Waals surface area contributed by atoms with Crippen LogP contribution in [0.2, 0.25) is 5.02 Å². The number of unbranched alkanes of at least 4 members (excludes halogenated alkanes) is 1. The second-order valence-corrected chi connectivity index (χ2v) is 9.00. The van der Waals surface area contributed by atoms with E-state index >= 15 is 0 Å². The van der Waals surface area contributed by atoms with Gasteiger partial charge in [0.15, 0.2) is 12.1 Å². The summed E-state index contributed by atoms with van der Waals surface area (Å²) in [5.74, 6) is -0.238. The molecule has 184 valence electrons. The molecule has 1 unspecified atom stereocenters. The standard InChI is InChI=1S/C27H33ClO6/c28-21-9-7-10-22(18-21)33-19-23(34-27-12-5-6-17-32-27)14-15-24-20(13-16-25(24)29)8-3-1-2-4-11-26(30)31/h1,3,7,9-10,13-16,18,20,23-24,27H,2,4-6,8,11-12,17,19H2,(H,30,31)/b3-1-,15-14+/t20-,23-,24+,27?/m0/s1. The van der Waals surface area contributed by atoms with Crippen LogP contribution in [0.3, 0.4) is 0 Å². The summed E-state index contributed by atoms with van der Waals surface area (Å²) in [6, 6.07) is 7.21. The van der Waals surface area contributed by atoms with Gasteiger partial charge in [-0.1, -0.05) is 48.0 Å². The molecule has 0 saturated carbocycles. The topological polar surface area (TPSA) is 82.1 Å². The molecule has 34 heavy (non-hydrogen) atoms. The van der Waals surface area contributed by atoms with Crippen LogP contribution < -0.4 is 4.74 Å². The zero-order valence-electron chi connectivity index (χ0n) is 19.3. The van der Waals surface area contributed by atoms with Gasteiger partial charge in [0.2, 0.25) is 0 Å². The largest absolute Gasteiger partial charge is 0.490 e. The second-order valence-electron chi connectivity index (χ2n) is 8.57. The van der Waals surface area contributed by atoms with E-state index in [-0.39, 0.29) is 43.0 Å². The summed E-state index contributed by atoms with van der Waals surface area (Å²) < 4.78 is 17.8. The minimum atomic E-state index is -0.780. The van der Waals surface area contributed by atoms with Crippen molar-refractivity contribution in [3.8, 4) is 5.75 Å². The number of carboxylic acids is 1. The minimum Gasteiger partial charge on any atom is -0.490 e. The molecule has 1 aromatic rings. The highest BCUT2D eigenvalue weighted by molar-refractivity contribution is 6.30. The van der Waals surface area contributed by atoms with Gasteiger partial charge in [-0.2, -0.15) is 0 Å². The third kappa shape index (κ3) is 9.09. The summed E-state index contributed by atoms with van der Waals surface area (Å²) in [6.07, 6.45) is 15.9. The Morgan fingerprint density at radius 3 is 2.94 bits per heavy atom. The van der Waals surface area contributed by atoms with Gasteiger partial charge in [-0.15, -0.1) is 0 Å². The van der Waals surface area contributed by atoms with Gasteiger partial charge < -0.3 is 19.3 Å². The second kappa shape index (κ2) is 14.1. The highest BCUT2D eigenvalue weighted by Gasteiger charge is 2.27. The Labute approximate surface area is 206 Å². The number of carboxylic acid groups (broad SMARTS) is 1. The first kappa shape index (κ1) is 26.2. The summed E-state index contributed by atoms with van der Waals surface area (Å²) in [7, 11) is 0. The molecule has 0 bridgehead atoms. The number of ether oxygens (including phenoxy) is 3. The van der Waals surface area contributed by atoms with Gasteiger partial charge in [-0.05, 0) is 68.7 Å². The van der Waals surface area contributed by atoms with E-state index < -0.39 is 5.97 Å². The molecule has 1 fully saturated rings. The van der Waals surface area contributed by atoms with Crippen LogP contribution in [0.15, 0.2) is 60.7 Å². The summed E-state index contributed by atoms with van der Waals surface area (Å²) in [5.41, 5.74) is 0. The van der Waals surface area contributed by atoms with Crippen LogP contribution in [0.4, 0.5) is 0 Å². The fourth-order valence-corrected chi connectivity index (χ4v) is 4.18. The number of hydrogen-bond acceptors (Lipinski definition) is 5. The number of rotatable bonds is 13. The van der Waals surface area contributed by atoms with Crippen molar-refractivity contribution in [2.75, 3.05) is 13.2 Å². The molecule has 0 aromatic heterocycles. The van der Waals surface area contributed by atoms with Crippen molar-refractivity contribution in [2.24, 2.45) is 11.8 Å². The fraction of sp³-hybridized carbons (Fsp3) is 0.481. The van der Waals surface area contributed by atoms with E-state index in [1.54, 1.807) is 18.2 Å².